The van der Waals surface area contributed by atoms with Gasteiger partial charge in [0, 0.05) is 18.1 Å². The second-order valence-electron chi connectivity index (χ2n) is 5.90. The first-order valence-corrected chi connectivity index (χ1v) is 7.63. The Morgan fingerprint density at radius 3 is 2.55 bits per heavy atom. The third kappa shape index (κ3) is 3.07. The molecule has 110 valence electrons. The van der Waals surface area contributed by atoms with Crippen molar-refractivity contribution in [2.75, 3.05) is 13.2 Å². The first kappa shape index (κ1) is 13.7. The highest BCUT2D eigenvalue weighted by Crippen LogP contribution is 2.33. The molecule has 1 atom stereocenters. The van der Waals surface area contributed by atoms with E-state index in [0.717, 1.165) is 24.3 Å². The monoisotopic (exact) mass is 276 g/mol. The van der Waals surface area contributed by atoms with E-state index in [0.29, 0.717) is 31.3 Å². The molecule has 0 radical (unpaired) electrons. The molecule has 0 saturated heterocycles. The van der Waals surface area contributed by atoms with Gasteiger partial charge in [-0.05, 0) is 50.3 Å². The van der Waals surface area contributed by atoms with Crippen LogP contribution < -0.4 is 20.5 Å². The van der Waals surface area contributed by atoms with Gasteiger partial charge in [0.25, 0.3) is 0 Å². The van der Waals surface area contributed by atoms with Crippen LogP contribution in [0.2, 0.25) is 0 Å². The standard InChI is InChI=1S/C16H24N2O2/c1-11(18-14-5-3-13(17)4-6-14)12-2-7-15-16(10-12)20-9-8-19-15/h2,7,10-11,13-14,18H,3-6,8-9,17H2,1H3. The van der Waals surface area contributed by atoms with Gasteiger partial charge in [-0.3, -0.25) is 0 Å². The fourth-order valence-electron chi connectivity index (χ4n) is 3.06. The quantitative estimate of drug-likeness (QED) is 0.890. The van der Waals surface area contributed by atoms with Gasteiger partial charge in [0.2, 0.25) is 0 Å². The Hall–Kier alpha value is -1.26. The van der Waals surface area contributed by atoms with Crippen LogP contribution in [0.1, 0.15) is 44.2 Å². The van der Waals surface area contributed by atoms with Crippen LogP contribution >= 0.6 is 0 Å². The number of fused-ring (bicyclic) bond motifs is 1. The molecule has 1 fully saturated rings. The van der Waals surface area contributed by atoms with E-state index in [1.54, 1.807) is 0 Å². The fourth-order valence-corrected chi connectivity index (χ4v) is 3.06. The Balaban J connectivity index is 1.63. The van der Waals surface area contributed by atoms with E-state index in [4.69, 9.17) is 15.2 Å². The molecule has 4 nitrogen and oxygen atoms in total. The SMILES string of the molecule is CC(NC1CCC(N)CC1)c1ccc2c(c1)OCCO2. The minimum Gasteiger partial charge on any atom is -0.486 e. The van der Waals surface area contributed by atoms with E-state index in [-0.39, 0.29) is 0 Å². The third-order valence-electron chi connectivity index (χ3n) is 4.32. The van der Waals surface area contributed by atoms with Crippen molar-refractivity contribution >= 4 is 0 Å². The first-order chi connectivity index (χ1) is 9.72. The van der Waals surface area contributed by atoms with Crippen LogP contribution in [0, 0.1) is 0 Å². The van der Waals surface area contributed by atoms with E-state index in [2.05, 4.69) is 24.4 Å². The summed E-state index contributed by atoms with van der Waals surface area (Å²) in [5.74, 6) is 1.73. The van der Waals surface area contributed by atoms with E-state index >= 15 is 0 Å². The maximum Gasteiger partial charge on any atom is 0.161 e. The lowest BCUT2D eigenvalue weighted by atomic mass is 9.91. The highest BCUT2D eigenvalue weighted by molar-refractivity contribution is 5.44. The molecule has 1 aromatic carbocycles. The number of ether oxygens (including phenoxy) is 2. The second kappa shape index (κ2) is 6.02. The van der Waals surface area contributed by atoms with Crippen molar-refractivity contribution in [3.8, 4) is 11.5 Å². The predicted octanol–water partition coefficient (Wildman–Crippen LogP) is 2.38. The minimum absolute atomic E-state index is 0.324. The van der Waals surface area contributed by atoms with Crippen molar-refractivity contribution < 1.29 is 9.47 Å². The average Bonchev–Trinajstić information content (AvgIpc) is 2.49. The van der Waals surface area contributed by atoms with Gasteiger partial charge in [-0.15, -0.1) is 0 Å². The van der Waals surface area contributed by atoms with Crippen molar-refractivity contribution in [2.45, 2.75) is 50.7 Å². The zero-order chi connectivity index (χ0) is 13.9. The van der Waals surface area contributed by atoms with E-state index in [1.165, 1.54) is 18.4 Å². The van der Waals surface area contributed by atoms with E-state index in [1.807, 2.05) is 6.07 Å². The zero-order valence-electron chi connectivity index (χ0n) is 12.1. The highest BCUT2D eigenvalue weighted by atomic mass is 16.6. The van der Waals surface area contributed by atoms with E-state index < -0.39 is 0 Å². The molecule has 0 aromatic heterocycles. The molecule has 1 heterocycles. The Labute approximate surface area is 120 Å². The second-order valence-corrected chi connectivity index (χ2v) is 5.90. The van der Waals surface area contributed by atoms with Crippen LogP contribution in [-0.2, 0) is 0 Å². The zero-order valence-corrected chi connectivity index (χ0v) is 12.1. The summed E-state index contributed by atoms with van der Waals surface area (Å²) >= 11 is 0. The summed E-state index contributed by atoms with van der Waals surface area (Å²) in [6.45, 7) is 3.49. The lowest BCUT2D eigenvalue weighted by Crippen LogP contribution is -2.38. The summed E-state index contributed by atoms with van der Waals surface area (Å²) in [4.78, 5) is 0. The summed E-state index contributed by atoms with van der Waals surface area (Å²) in [7, 11) is 0. The molecule has 1 aromatic rings. The van der Waals surface area contributed by atoms with Crippen LogP contribution in [0.25, 0.3) is 0 Å². The molecular formula is C16H24N2O2. The molecule has 0 amide bonds. The Bertz CT molecular complexity index is 456. The van der Waals surface area contributed by atoms with Crippen molar-refractivity contribution in [1.29, 1.82) is 0 Å². The molecule has 1 aliphatic carbocycles. The molecule has 20 heavy (non-hydrogen) atoms. The molecule has 3 N–H and O–H groups in total. The molecule has 3 rings (SSSR count). The predicted molar refractivity (Wildman–Crippen MR) is 79.2 cm³/mol. The van der Waals surface area contributed by atoms with Gasteiger partial charge in [-0.2, -0.15) is 0 Å². The van der Waals surface area contributed by atoms with E-state index in [9.17, 15) is 0 Å². The molecular weight excluding hydrogens is 252 g/mol. The van der Waals surface area contributed by atoms with Gasteiger partial charge >= 0.3 is 0 Å². The summed E-state index contributed by atoms with van der Waals surface area (Å²) in [6, 6.07) is 7.54. The van der Waals surface area contributed by atoms with Gasteiger partial charge in [0.1, 0.15) is 13.2 Å². The van der Waals surface area contributed by atoms with Gasteiger partial charge in [0.05, 0.1) is 0 Å². The molecule has 4 heteroatoms. The average molecular weight is 276 g/mol. The summed E-state index contributed by atoms with van der Waals surface area (Å²) in [5.41, 5.74) is 7.21. The summed E-state index contributed by atoms with van der Waals surface area (Å²) in [6.07, 6.45) is 4.61. The largest absolute Gasteiger partial charge is 0.486 e. The van der Waals surface area contributed by atoms with Gasteiger partial charge < -0.3 is 20.5 Å². The summed E-state index contributed by atoms with van der Waals surface area (Å²) in [5, 5.41) is 3.71. The number of nitrogens with two attached hydrogens (primary N) is 1. The number of hydrogen-bond donors (Lipinski definition) is 2. The number of rotatable bonds is 3. The topological polar surface area (TPSA) is 56.5 Å². The number of hydrogen-bond acceptors (Lipinski definition) is 4. The molecule has 0 bridgehead atoms. The maximum absolute atomic E-state index is 5.96. The molecule has 1 unspecified atom stereocenters. The lowest BCUT2D eigenvalue weighted by molar-refractivity contribution is 0.171. The first-order valence-electron chi connectivity index (χ1n) is 7.63. The van der Waals surface area contributed by atoms with Crippen LogP contribution in [0.5, 0.6) is 11.5 Å². The molecule has 1 saturated carbocycles. The number of nitrogens with one attached hydrogen (secondary N) is 1. The van der Waals surface area contributed by atoms with Crippen LogP contribution in [0.3, 0.4) is 0 Å². The van der Waals surface area contributed by atoms with Crippen LogP contribution in [0.4, 0.5) is 0 Å². The number of benzene rings is 1. The molecule has 1 aliphatic heterocycles. The fraction of sp³-hybridized carbons (Fsp3) is 0.625. The lowest BCUT2D eigenvalue weighted by Gasteiger charge is -2.30. The smallest absolute Gasteiger partial charge is 0.161 e. The molecule has 2 aliphatic rings. The van der Waals surface area contributed by atoms with Crippen molar-refractivity contribution in [1.82, 2.24) is 5.32 Å². The van der Waals surface area contributed by atoms with Crippen molar-refractivity contribution in [3.05, 3.63) is 23.8 Å². The van der Waals surface area contributed by atoms with Gasteiger partial charge in [-0.1, -0.05) is 6.07 Å². The normalized spacial score (nSPS) is 27.1. The van der Waals surface area contributed by atoms with Crippen LogP contribution in [-0.4, -0.2) is 25.3 Å². The van der Waals surface area contributed by atoms with Crippen LogP contribution in [0.15, 0.2) is 18.2 Å². The van der Waals surface area contributed by atoms with Crippen molar-refractivity contribution in [3.63, 3.8) is 0 Å². The molecule has 0 spiro atoms. The maximum atomic E-state index is 5.96. The Morgan fingerprint density at radius 1 is 1.10 bits per heavy atom. The summed E-state index contributed by atoms with van der Waals surface area (Å²) < 4.78 is 11.2. The highest BCUT2D eigenvalue weighted by Gasteiger charge is 2.21. The minimum atomic E-state index is 0.324. The third-order valence-corrected chi connectivity index (χ3v) is 4.32. The van der Waals surface area contributed by atoms with Gasteiger partial charge in [-0.25, -0.2) is 0 Å². The van der Waals surface area contributed by atoms with Crippen molar-refractivity contribution in [2.24, 2.45) is 5.73 Å². The Morgan fingerprint density at radius 2 is 1.80 bits per heavy atom. The van der Waals surface area contributed by atoms with Gasteiger partial charge in [0.15, 0.2) is 11.5 Å². The Kier molecular flexibility index (Phi) is 4.13.